The maximum atomic E-state index is 5.66. The lowest BCUT2D eigenvalue weighted by atomic mass is 10.1. The number of nitrogens with zero attached hydrogens (tertiary/aromatic N) is 4. The molecule has 1 saturated heterocycles. The van der Waals surface area contributed by atoms with E-state index in [1.54, 1.807) is 0 Å². The SMILES string of the molecule is CCC(CCC1N(CCN(C)C)CCN1CCN(C)C)[SiH](OC)OC. The molecule has 0 amide bonds. The van der Waals surface area contributed by atoms with E-state index in [0.717, 1.165) is 32.6 Å². The molecule has 1 aliphatic heterocycles. The van der Waals surface area contributed by atoms with Crippen LogP contribution in [-0.4, -0.2) is 117 Å². The molecule has 1 atom stereocenters. The summed E-state index contributed by atoms with van der Waals surface area (Å²) in [4.78, 5) is 9.93. The van der Waals surface area contributed by atoms with Crippen LogP contribution in [-0.2, 0) is 8.85 Å². The van der Waals surface area contributed by atoms with Gasteiger partial charge in [-0.25, -0.2) is 0 Å². The zero-order valence-electron chi connectivity index (χ0n) is 17.7. The van der Waals surface area contributed by atoms with E-state index in [9.17, 15) is 0 Å². The molecule has 7 heteroatoms. The minimum Gasteiger partial charge on any atom is -0.400 e. The fraction of sp³-hybridized carbons (Fsp3) is 1.00. The summed E-state index contributed by atoms with van der Waals surface area (Å²) < 4.78 is 11.3. The van der Waals surface area contributed by atoms with Crippen molar-refractivity contribution in [3.05, 3.63) is 0 Å². The van der Waals surface area contributed by atoms with E-state index in [0.29, 0.717) is 11.7 Å². The largest absolute Gasteiger partial charge is 0.400 e. The van der Waals surface area contributed by atoms with Crippen LogP contribution in [0.2, 0.25) is 5.54 Å². The van der Waals surface area contributed by atoms with Crippen molar-refractivity contribution in [3.8, 4) is 0 Å². The lowest BCUT2D eigenvalue weighted by Crippen LogP contribution is -2.44. The second-order valence-corrected chi connectivity index (χ2v) is 10.4. The van der Waals surface area contributed by atoms with Crippen molar-refractivity contribution in [1.29, 1.82) is 0 Å². The molecule has 0 bridgehead atoms. The standard InChI is InChI=1S/C18H42N4O2Si/c1-8-17(25(23-6)24-7)9-10-18-21(13-11-19(2)3)15-16-22(18)14-12-20(4)5/h17-18,25H,8-16H2,1-7H3. The Hall–Kier alpha value is -0.0231. The van der Waals surface area contributed by atoms with Gasteiger partial charge in [0.15, 0.2) is 0 Å². The van der Waals surface area contributed by atoms with Crippen LogP contribution < -0.4 is 0 Å². The first-order valence-electron chi connectivity index (χ1n) is 9.76. The smallest absolute Gasteiger partial charge is 0.324 e. The lowest BCUT2D eigenvalue weighted by Gasteiger charge is -2.33. The summed E-state index contributed by atoms with van der Waals surface area (Å²) in [6, 6.07) is 0. The zero-order valence-corrected chi connectivity index (χ0v) is 18.9. The second-order valence-electron chi connectivity index (χ2n) is 7.74. The second kappa shape index (κ2) is 12.4. The zero-order chi connectivity index (χ0) is 18.8. The van der Waals surface area contributed by atoms with Gasteiger partial charge in [-0.2, -0.15) is 0 Å². The Labute approximate surface area is 157 Å². The van der Waals surface area contributed by atoms with E-state index in [-0.39, 0.29) is 0 Å². The minimum absolute atomic E-state index is 0.567. The highest BCUT2D eigenvalue weighted by molar-refractivity contribution is 6.46. The summed E-state index contributed by atoms with van der Waals surface area (Å²) in [6.45, 7) is 9.22. The van der Waals surface area contributed by atoms with Gasteiger partial charge in [0.1, 0.15) is 0 Å². The normalized spacial score (nSPS) is 19.0. The molecule has 0 radical (unpaired) electrons. The maximum absolute atomic E-state index is 5.66. The first kappa shape index (κ1) is 23.0. The molecule has 0 N–H and O–H groups in total. The Balaban J connectivity index is 2.66. The van der Waals surface area contributed by atoms with Crippen LogP contribution in [0.4, 0.5) is 0 Å². The monoisotopic (exact) mass is 374 g/mol. The first-order valence-corrected chi connectivity index (χ1v) is 11.4. The summed E-state index contributed by atoms with van der Waals surface area (Å²) in [5.41, 5.74) is 0.599. The van der Waals surface area contributed by atoms with Gasteiger partial charge in [0.05, 0.1) is 6.17 Å². The van der Waals surface area contributed by atoms with Crippen molar-refractivity contribution in [2.45, 2.75) is 37.9 Å². The number of likely N-dealkylation sites (N-methyl/N-ethyl adjacent to an activating group) is 2. The Kier molecular flexibility index (Phi) is 11.4. The highest BCUT2D eigenvalue weighted by Crippen LogP contribution is 2.27. The Morgan fingerprint density at radius 2 is 1.44 bits per heavy atom. The van der Waals surface area contributed by atoms with Crippen molar-refractivity contribution in [2.75, 3.05) is 81.7 Å². The van der Waals surface area contributed by atoms with Crippen LogP contribution in [0.25, 0.3) is 0 Å². The van der Waals surface area contributed by atoms with E-state index < -0.39 is 9.28 Å². The van der Waals surface area contributed by atoms with Gasteiger partial charge in [0.25, 0.3) is 0 Å². The average Bonchev–Trinajstić information content (AvgIpc) is 2.96. The van der Waals surface area contributed by atoms with Crippen LogP contribution in [0.5, 0.6) is 0 Å². The molecule has 6 nitrogen and oxygen atoms in total. The van der Waals surface area contributed by atoms with Gasteiger partial charge in [-0.3, -0.25) is 9.80 Å². The molecule has 0 aromatic carbocycles. The average molecular weight is 375 g/mol. The first-order chi connectivity index (χ1) is 11.9. The van der Waals surface area contributed by atoms with Crippen molar-refractivity contribution >= 4 is 9.28 Å². The highest BCUT2D eigenvalue weighted by atomic mass is 28.3. The maximum Gasteiger partial charge on any atom is 0.324 e. The Bertz CT molecular complexity index is 323. The van der Waals surface area contributed by atoms with E-state index in [2.05, 4.69) is 54.7 Å². The molecule has 0 saturated carbocycles. The summed E-state index contributed by atoms with van der Waals surface area (Å²) in [6.07, 6.45) is 4.14. The summed E-state index contributed by atoms with van der Waals surface area (Å²) in [5, 5.41) is 0. The van der Waals surface area contributed by atoms with E-state index in [1.807, 2.05) is 14.2 Å². The molecular weight excluding hydrogens is 332 g/mol. The van der Waals surface area contributed by atoms with Gasteiger partial charge in [-0.05, 0) is 46.6 Å². The Morgan fingerprint density at radius 3 is 1.80 bits per heavy atom. The summed E-state index contributed by atoms with van der Waals surface area (Å²) in [7, 11) is 10.7. The molecule has 1 heterocycles. The van der Waals surface area contributed by atoms with E-state index >= 15 is 0 Å². The van der Waals surface area contributed by atoms with Crippen LogP contribution in [0.1, 0.15) is 26.2 Å². The third kappa shape index (κ3) is 8.03. The molecule has 1 unspecified atom stereocenters. The summed E-state index contributed by atoms with van der Waals surface area (Å²) in [5.74, 6) is 0. The fourth-order valence-electron chi connectivity index (χ4n) is 3.71. The van der Waals surface area contributed by atoms with Gasteiger partial charge in [-0.1, -0.05) is 13.3 Å². The van der Waals surface area contributed by atoms with Crippen molar-refractivity contribution in [3.63, 3.8) is 0 Å². The van der Waals surface area contributed by atoms with Gasteiger partial charge >= 0.3 is 9.28 Å². The van der Waals surface area contributed by atoms with Crippen molar-refractivity contribution < 1.29 is 8.85 Å². The molecule has 150 valence electrons. The molecule has 0 aliphatic carbocycles. The quantitative estimate of drug-likeness (QED) is 0.449. The molecule has 0 aromatic rings. The topological polar surface area (TPSA) is 31.4 Å². The minimum atomic E-state index is -1.53. The van der Waals surface area contributed by atoms with E-state index in [1.165, 1.54) is 25.9 Å². The molecule has 1 aliphatic rings. The molecule has 1 fully saturated rings. The molecular formula is C18H42N4O2Si. The van der Waals surface area contributed by atoms with Gasteiger partial charge in [0, 0.05) is 53.5 Å². The molecule has 1 rings (SSSR count). The lowest BCUT2D eigenvalue weighted by molar-refractivity contribution is 0.110. The van der Waals surface area contributed by atoms with Gasteiger partial charge in [-0.15, -0.1) is 0 Å². The number of rotatable bonds is 13. The summed E-state index contributed by atoms with van der Waals surface area (Å²) >= 11 is 0. The van der Waals surface area contributed by atoms with Crippen LogP contribution >= 0.6 is 0 Å². The third-order valence-electron chi connectivity index (χ3n) is 5.36. The fourth-order valence-corrected chi connectivity index (χ4v) is 5.52. The highest BCUT2D eigenvalue weighted by Gasteiger charge is 2.33. The van der Waals surface area contributed by atoms with Crippen LogP contribution in [0.15, 0.2) is 0 Å². The molecule has 25 heavy (non-hydrogen) atoms. The number of hydrogen-bond acceptors (Lipinski definition) is 6. The van der Waals surface area contributed by atoms with Gasteiger partial charge < -0.3 is 18.7 Å². The van der Waals surface area contributed by atoms with Crippen LogP contribution in [0.3, 0.4) is 0 Å². The number of hydrogen-bond donors (Lipinski definition) is 0. The van der Waals surface area contributed by atoms with Gasteiger partial charge in [0.2, 0.25) is 0 Å². The third-order valence-corrected chi connectivity index (χ3v) is 7.86. The molecule has 0 spiro atoms. The van der Waals surface area contributed by atoms with Crippen molar-refractivity contribution in [1.82, 2.24) is 19.6 Å². The Morgan fingerprint density at radius 1 is 0.960 bits per heavy atom. The van der Waals surface area contributed by atoms with E-state index in [4.69, 9.17) is 8.85 Å². The van der Waals surface area contributed by atoms with Crippen molar-refractivity contribution in [2.24, 2.45) is 0 Å². The predicted octanol–water partition coefficient (Wildman–Crippen LogP) is 1.13. The van der Waals surface area contributed by atoms with Crippen LogP contribution in [0, 0.1) is 0 Å². The molecule has 0 aromatic heterocycles. The predicted molar refractivity (Wildman–Crippen MR) is 108 cm³/mol.